The highest BCUT2D eigenvalue weighted by molar-refractivity contribution is 7.99. The van der Waals surface area contributed by atoms with Gasteiger partial charge in [0.2, 0.25) is 11.8 Å². The van der Waals surface area contributed by atoms with Crippen molar-refractivity contribution in [1.29, 1.82) is 0 Å². The maximum absolute atomic E-state index is 12.3. The summed E-state index contributed by atoms with van der Waals surface area (Å²) < 4.78 is 5.54. The largest absolute Gasteiger partial charge is 0.411 e. The second kappa shape index (κ2) is 8.53. The monoisotopic (exact) mass is 408 g/mol. The summed E-state index contributed by atoms with van der Waals surface area (Å²) in [6, 6.07) is 8.91. The highest BCUT2D eigenvalue weighted by Crippen LogP contribution is 2.24. The molecule has 1 amide bonds. The van der Waals surface area contributed by atoms with E-state index in [4.69, 9.17) is 27.6 Å². The smallest absolute Gasteiger partial charge is 0.277 e. The maximum Gasteiger partial charge on any atom is 0.277 e. The number of amides is 1. The Morgan fingerprint density at radius 3 is 2.81 bits per heavy atom. The van der Waals surface area contributed by atoms with Gasteiger partial charge in [0, 0.05) is 26.0 Å². The van der Waals surface area contributed by atoms with Crippen LogP contribution in [0.25, 0.3) is 11.5 Å². The van der Waals surface area contributed by atoms with Crippen LogP contribution in [-0.4, -0.2) is 38.8 Å². The summed E-state index contributed by atoms with van der Waals surface area (Å²) in [7, 11) is 1.72. The third kappa shape index (κ3) is 4.75. The molecule has 1 aromatic carbocycles. The number of pyridine rings is 1. The molecule has 26 heavy (non-hydrogen) atoms. The summed E-state index contributed by atoms with van der Waals surface area (Å²) in [5.41, 5.74) is 1.63. The topological polar surface area (TPSA) is 72.1 Å². The first-order valence-corrected chi connectivity index (χ1v) is 9.31. The first-order valence-electron chi connectivity index (χ1n) is 7.57. The van der Waals surface area contributed by atoms with Gasteiger partial charge in [-0.2, -0.15) is 0 Å². The minimum absolute atomic E-state index is 0.0674. The molecule has 0 radical (unpaired) electrons. The quantitative estimate of drug-likeness (QED) is 0.569. The van der Waals surface area contributed by atoms with Crippen LogP contribution in [0.4, 0.5) is 0 Å². The summed E-state index contributed by atoms with van der Waals surface area (Å²) in [5, 5.41) is 9.20. The van der Waals surface area contributed by atoms with E-state index in [0.29, 0.717) is 27.7 Å². The van der Waals surface area contributed by atoms with E-state index in [1.54, 1.807) is 42.5 Å². The van der Waals surface area contributed by atoms with Crippen LogP contribution in [0.15, 0.2) is 52.4 Å². The first kappa shape index (κ1) is 18.7. The van der Waals surface area contributed by atoms with Gasteiger partial charge in [-0.1, -0.05) is 41.0 Å². The van der Waals surface area contributed by atoms with E-state index >= 15 is 0 Å². The van der Waals surface area contributed by atoms with E-state index in [0.717, 1.165) is 11.1 Å². The minimum Gasteiger partial charge on any atom is -0.411 e. The second-order valence-electron chi connectivity index (χ2n) is 5.40. The van der Waals surface area contributed by atoms with Gasteiger partial charge in [-0.15, -0.1) is 10.2 Å². The molecule has 0 saturated carbocycles. The van der Waals surface area contributed by atoms with E-state index in [2.05, 4.69) is 15.2 Å². The summed E-state index contributed by atoms with van der Waals surface area (Å²) in [5.74, 6) is 0.492. The molecule has 6 nitrogen and oxygen atoms in total. The van der Waals surface area contributed by atoms with E-state index in [1.165, 1.54) is 11.8 Å². The van der Waals surface area contributed by atoms with Crippen LogP contribution < -0.4 is 0 Å². The van der Waals surface area contributed by atoms with E-state index < -0.39 is 0 Å². The molecule has 0 N–H and O–H groups in total. The lowest BCUT2D eigenvalue weighted by Gasteiger charge is -2.17. The van der Waals surface area contributed by atoms with Crippen molar-refractivity contribution in [1.82, 2.24) is 20.1 Å². The molecule has 0 atom stereocenters. The maximum atomic E-state index is 12.3. The van der Waals surface area contributed by atoms with Gasteiger partial charge in [0.05, 0.1) is 21.4 Å². The van der Waals surface area contributed by atoms with Gasteiger partial charge < -0.3 is 9.32 Å². The number of nitrogens with zero attached hydrogens (tertiary/aromatic N) is 4. The Morgan fingerprint density at radius 2 is 2.08 bits per heavy atom. The van der Waals surface area contributed by atoms with Gasteiger partial charge in [0.15, 0.2) is 0 Å². The molecule has 0 fully saturated rings. The van der Waals surface area contributed by atoms with Crippen LogP contribution in [-0.2, 0) is 11.3 Å². The van der Waals surface area contributed by atoms with Crippen molar-refractivity contribution in [2.24, 2.45) is 0 Å². The number of carbonyl (C=O) groups excluding carboxylic acids is 1. The molecule has 0 aliphatic heterocycles. The zero-order chi connectivity index (χ0) is 18.5. The lowest BCUT2D eigenvalue weighted by Crippen LogP contribution is -2.27. The number of thioether (sulfide) groups is 1. The number of hydrogen-bond donors (Lipinski definition) is 0. The van der Waals surface area contributed by atoms with Gasteiger partial charge in [-0.25, -0.2) is 0 Å². The van der Waals surface area contributed by atoms with Crippen molar-refractivity contribution < 1.29 is 9.21 Å². The van der Waals surface area contributed by atoms with Crippen molar-refractivity contribution in [2.45, 2.75) is 11.8 Å². The second-order valence-corrected chi connectivity index (χ2v) is 7.14. The van der Waals surface area contributed by atoms with Gasteiger partial charge in [0.25, 0.3) is 5.22 Å². The number of carbonyl (C=O) groups is 1. The summed E-state index contributed by atoms with van der Waals surface area (Å²) in [6.45, 7) is 0.432. The average molecular weight is 409 g/mol. The summed E-state index contributed by atoms with van der Waals surface area (Å²) in [6.07, 6.45) is 3.30. The highest BCUT2D eigenvalue weighted by atomic mass is 35.5. The molecule has 0 spiro atoms. The molecule has 0 aliphatic rings. The number of halogens is 2. The molecule has 9 heteroatoms. The Hall–Kier alpha value is -2.09. The summed E-state index contributed by atoms with van der Waals surface area (Å²) >= 11 is 13.1. The SMILES string of the molecule is CN(Cc1ccc(Cl)c(Cl)c1)C(=O)CSc1nnc(-c2cccnc2)o1. The standard InChI is InChI=1S/C17H14Cl2N4O2S/c1-23(9-11-4-5-13(18)14(19)7-11)15(24)10-26-17-22-21-16(25-17)12-3-2-6-20-8-12/h2-8H,9-10H2,1H3. The molecule has 0 aliphatic carbocycles. The Kier molecular flexibility index (Phi) is 6.13. The fourth-order valence-electron chi connectivity index (χ4n) is 2.11. The molecule has 2 heterocycles. The molecule has 0 saturated heterocycles. The van der Waals surface area contributed by atoms with Crippen molar-refractivity contribution in [3.63, 3.8) is 0 Å². The first-order chi connectivity index (χ1) is 12.5. The molecule has 2 aromatic heterocycles. The zero-order valence-corrected chi connectivity index (χ0v) is 16.1. The molecule has 3 aromatic rings. The van der Waals surface area contributed by atoms with E-state index in [1.807, 2.05) is 12.1 Å². The van der Waals surface area contributed by atoms with Gasteiger partial charge in [-0.3, -0.25) is 9.78 Å². The van der Waals surface area contributed by atoms with Crippen LogP contribution in [0.3, 0.4) is 0 Å². The van der Waals surface area contributed by atoms with E-state index in [9.17, 15) is 4.79 Å². The lowest BCUT2D eigenvalue weighted by molar-refractivity contribution is -0.127. The molecular formula is C17H14Cl2N4O2S. The number of benzene rings is 1. The van der Waals surface area contributed by atoms with Gasteiger partial charge in [-0.05, 0) is 29.8 Å². The normalized spacial score (nSPS) is 10.7. The van der Waals surface area contributed by atoms with E-state index in [-0.39, 0.29) is 11.7 Å². The zero-order valence-electron chi connectivity index (χ0n) is 13.7. The van der Waals surface area contributed by atoms with Gasteiger partial charge in [0.1, 0.15) is 0 Å². The predicted octanol–water partition coefficient (Wildman–Crippen LogP) is 4.19. The number of hydrogen-bond acceptors (Lipinski definition) is 6. The van der Waals surface area contributed by atoms with Gasteiger partial charge >= 0.3 is 0 Å². The number of rotatable bonds is 6. The van der Waals surface area contributed by atoms with Crippen LogP contribution in [0.1, 0.15) is 5.56 Å². The predicted molar refractivity (Wildman–Crippen MR) is 101 cm³/mol. The van der Waals surface area contributed by atoms with Crippen LogP contribution in [0.2, 0.25) is 10.0 Å². The van der Waals surface area contributed by atoms with Crippen LogP contribution >= 0.6 is 35.0 Å². The Labute approximate surface area is 164 Å². The fraction of sp³-hybridized carbons (Fsp3) is 0.176. The number of aromatic nitrogens is 3. The van der Waals surface area contributed by atoms with Crippen LogP contribution in [0.5, 0.6) is 0 Å². The van der Waals surface area contributed by atoms with Crippen molar-refractivity contribution in [3.8, 4) is 11.5 Å². The molecule has 3 rings (SSSR count). The summed E-state index contributed by atoms with van der Waals surface area (Å²) in [4.78, 5) is 17.9. The minimum atomic E-state index is -0.0674. The Morgan fingerprint density at radius 1 is 1.23 bits per heavy atom. The Balaban J connectivity index is 1.55. The third-order valence-corrected chi connectivity index (χ3v) is 5.01. The average Bonchev–Trinajstić information content (AvgIpc) is 3.12. The highest BCUT2D eigenvalue weighted by Gasteiger charge is 2.14. The molecule has 134 valence electrons. The lowest BCUT2D eigenvalue weighted by atomic mass is 10.2. The Bertz CT molecular complexity index is 905. The third-order valence-electron chi connectivity index (χ3n) is 3.46. The van der Waals surface area contributed by atoms with Crippen LogP contribution in [0, 0.1) is 0 Å². The van der Waals surface area contributed by atoms with Crippen molar-refractivity contribution in [3.05, 3.63) is 58.3 Å². The molecule has 0 unspecified atom stereocenters. The van der Waals surface area contributed by atoms with Crippen molar-refractivity contribution >= 4 is 40.9 Å². The fourth-order valence-corrected chi connectivity index (χ4v) is 3.13. The molecular weight excluding hydrogens is 395 g/mol. The van der Waals surface area contributed by atoms with Crippen molar-refractivity contribution in [2.75, 3.05) is 12.8 Å². The molecule has 0 bridgehead atoms.